The molecule has 19 heavy (non-hydrogen) atoms. The minimum absolute atomic E-state index is 0. The van der Waals surface area contributed by atoms with Crippen LogP contribution in [0.3, 0.4) is 0 Å². The average Bonchev–Trinajstić information content (AvgIpc) is 2.75. The fraction of sp³-hybridized carbons (Fsp3) is 1.00. The molecule has 0 aliphatic carbocycles. The van der Waals surface area contributed by atoms with Gasteiger partial charge < -0.3 is 10.1 Å². The fourth-order valence-corrected chi connectivity index (χ4v) is 4.36. The summed E-state index contributed by atoms with van der Waals surface area (Å²) in [5, 5.41) is 3.34. The van der Waals surface area contributed by atoms with Crippen molar-refractivity contribution in [2.75, 3.05) is 45.1 Å². The Morgan fingerprint density at radius 1 is 1.26 bits per heavy atom. The molecule has 0 unspecified atom stereocenters. The Bertz CT molecular complexity index is 369. The van der Waals surface area contributed by atoms with Crippen LogP contribution in [0.4, 0.5) is 0 Å². The summed E-state index contributed by atoms with van der Waals surface area (Å²) in [4.78, 5) is 0. The van der Waals surface area contributed by atoms with E-state index in [0.29, 0.717) is 26.3 Å². The molecule has 0 atom stereocenters. The highest BCUT2D eigenvalue weighted by Gasteiger charge is 2.42. The van der Waals surface area contributed by atoms with E-state index in [4.69, 9.17) is 4.74 Å². The monoisotopic (exact) mass is 312 g/mol. The van der Waals surface area contributed by atoms with E-state index in [1.165, 1.54) is 0 Å². The largest absolute Gasteiger partial charge is 0.381 e. The smallest absolute Gasteiger partial charge is 0.216 e. The Labute approximate surface area is 122 Å². The second-order valence-electron chi connectivity index (χ2n) is 5.35. The van der Waals surface area contributed by atoms with Crippen molar-refractivity contribution in [3.8, 4) is 0 Å². The van der Waals surface area contributed by atoms with Gasteiger partial charge in [-0.3, -0.25) is 0 Å². The van der Waals surface area contributed by atoms with Crippen LogP contribution in [0, 0.1) is 5.41 Å². The summed E-state index contributed by atoms with van der Waals surface area (Å²) in [6, 6.07) is 0. The van der Waals surface area contributed by atoms with E-state index in [2.05, 4.69) is 5.32 Å². The number of piperidine rings is 1. The third-order valence-electron chi connectivity index (χ3n) is 4.15. The van der Waals surface area contributed by atoms with Gasteiger partial charge in [0.1, 0.15) is 0 Å². The molecule has 0 amide bonds. The lowest BCUT2D eigenvalue weighted by molar-refractivity contribution is 0.162. The summed E-state index contributed by atoms with van der Waals surface area (Å²) in [7, 11) is -3.12. The van der Waals surface area contributed by atoms with Gasteiger partial charge in [0, 0.05) is 19.7 Å². The van der Waals surface area contributed by atoms with Crippen LogP contribution in [0.15, 0.2) is 0 Å². The zero-order valence-corrected chi connectivity index (χ0v) is 13.2. The van der Waals surface area contributed by atoms with Gasteiger partial charge in [0.25, 0.3) is 0 Å². The molecule has 0 aromatic carbocycles. The lowest BCUT2D eigenvalue weighted by atomic mass is 9.78. The lowest BCUT2D eigenvalue weighted by Gasteiger charge is -2.33. The van der Waals surface area contributed by atoms with E-state index in [9.17, 15) is 8.42 Å². The van der Waals surface area contributed by atoms with Crippen molar-refractivity contribution >= 4 is 22.4 Å². The van der Waals surface area contributed by atoms with Gasteiger partial charge in [0.05, 0.1) is 12.4 Å². The summed E-state index contributed by atoms with van der Waals surface area (Å²) in [6.45, 7) is 6.21. The summed E-state index contributed by atoms with van der Waals surface area (Å²) < 4.78 is 31.2. The van der Waals surface area contributed by atoms with Gasteiger partial charge in [-0.25, -0.2) is 12.7 Å². The number of halogens is 1. The standard InChI is InChI=1S/C12H24N2O3S.ClH/c1-2-17-9-10-18(15,16)14-8-5-12(11-14)3-6-13-7-4-12;/h13H,2-11H2,1H3;1H. The van der Waals surface area contributed by atoms with E-state index in [1.54, 1.807) is 4.31 Å². The number of nitrogens with zero attached hydrogens (tertiary/aromatic N) is 1. The predicted molar refractivity (Wildman–Crippen MR) is 78.3 cm³/mol. The SMILES string of the molecule is CCOCCS(=O)(=O)N1CCC2(CCNCC2)C1.Cl. The van der Waals surface area contributed by atoms with Crippen molar-refractivity contribution in [1.82, 2.24) is 9.62 Å². The van der Waals surface area contributed by atoms with Crippen molar-refractivity contribution in [1.29, 1.82) is 0 Å². The highest BCUT2D eigenvalue weighted by molar-refractivity contribution is 7.89. The molecule has 1 spiro atoms. The third kappa shape index (κ3) is 4.29. The number of rotatable bonds is 5. The molecule has 2 rings (SSSR count). The number of ether oxygens (including phenoxy) is 1. The van der Waals surface area contributed by atoms with Crippen LogP contribution in [0.2, 0.25) is 0 Å². The Morgan fingerprint density at radius 3 is 2.58 bits per heavy atom. The quantitative estimate of drug-likeness (QED) is 0.765. The van der Waals surface area contributed by atoms with Crippen LogP contribution >= 0.6 is 12.4 Å². The second-order valence-corrected chi connectivity index (χ2v) is 7.43. The van der Waals surface area contributed by atoms with Crippen LogP contribution in [0.25, 0.3) is 0 Å². The van der Waals surface area contributed by atoms with Gasteiger partial charge in [-0.2, -0.15) is 0 Å². The molecule has 2 saturated heterocycles. The maximum absolute atomic E-state index is 12.2. The molecule has 5 nitrogen and oxygen atoms in total. The fourth-order valence-electron chi connectivity index (χ4n) is 2.93. The second kappa shape index (κ2) is 7.22. The van der Waals surface area contributed by atoms with Gasteiger partial charge in [0.2, 0.25) is 10.0 Å². The Kier molecular flexibility index (Phi) is 6.53. The van der Waals surface area contributed by atoms with Crippen molar-refractivity contribution < 1.29 is 13.2 Å². The van der Waals surface area contributed by atoms with E-state index >= 15 is 0 Å². The lowest BCUT2D eigenvalue weighted by Crippen LogP contribution is -2.40. The predicted octanol–water partition coefficient (Wildman–Crippen LogP) is 0.850. The van der Waals surface area contributed by atoms with E-state index in [-0.39, 0.29) is 23.6 Å². The number of nitrogens with one attached hydrogen (secondary N) is 1. The minimum atomic E-state index is -3.12. The number of hydrogen-bond acceptors (Lipinski definition) is 4. The topological polar surface area (TPSA) is 58.6 Å². The molecule has 0 aromatic rings. The van der Waals surface area contributed by atoms with Crippen molar-refractivity contribution in [2.24, 2.45) is 5.41 Å². The molecular weight excluding hydrogens is 288 g/mol. The number of hydrogen-bond donors (Lipinski definition) is 1. The first kappa shape index (κ1) is 17.2. The number of sulfonamides is 1. The van der Waals surface area contributed by atoms with Crippen LogP contribution < -0.4 is 5.32 Å². The maximum atomic E-state index is 12.2. The normalized spacial score (nSPS) is 23.4. The molecule has 2 aliphatic rings. The first-order valence-electron chi connectivity index (χ1n) is 6.84. The first-order chi connectivity index (χ1) is 8.58. The molecule has 2 aliphatic heterocycles. The highest BCUT2D eigenvalue weighted by atomic mass is 35.5. The summed E-state index contributed by atoms with van der Waals surface area (Å²) in [5.41, 5.74) is 0.240. The zero-order chi connectivity index (χ0) is 13.1. The summed E-state index contributed by atoms with van der Waals surface area (Å²) in [5.74, 6) is 0.120. The first-order valence-corrected chi connectivity index (χ1v) is 8.45. The molecule has 1 N–H and O–H groups in total. The van der Waals surface area contributed by atoms with E-state index in [1.807, 2.05) is 6.92 Å². The van der Waals surface area contributed by atoms with Gasteiger partial charge in [-0.15, -0.1) is 12.4 Å². The van der Waals surface area contributed by atoms with Crippen molar-refractivity contribution in [3.05, 3.63) is 0 Å². The molecule has 0 radical (unpaired) electrons. The van der Waals surface area contributed by atoms with Crippen LogP contribution in [0.5, 0.6) is 0 Å². The van der Waals surface area contributed by atoms with Gasteiger partial charge in [0.15, 0.2) is 0 Å². The maximum Gasteiger partial charge on any atom is 0.216 e. The average molecular weight is 313 g/mol. The third-order valence-corrected chi connectivity index (χ3v) is 5.93. The zero-order valence-electron chi connectivity index (χ0n) is 11.6. The summed E-state index contributed by atoms with van der Waals surface area (Å²) >= 11 is 0. The molecule has 0 aromatic heterocycles. The van der Waals surface area contributed by atoms with Gasteiger partial charge >= 0.3 is 0 Å². The van der Waals surface area contributed by atoms with E-state index < -0.39 is 10.0 Å². The van der Waals surface area contributed by atoms with Crippen molar-refractivity contribution in [2.45, 2.75) is 26.2 Å². The molecule has 0 saturated carbocycles. The molecular formula is C12H25ClN2O3S. The van der Waals surface area contributed by atoms with Crippen molar-refractivity contribution in [3.63, 3.8) is 0 Å². The molecule has 114 valence electrons. The summed E-state index contributed by atoms with van der Waals surface area (Å²) in [6.07, 6.45) is 3.22. The molecule has 2 fully saturated rings. The van der Waals surface area contributed by atoms with Crippen LogP contribution in [0.1, 0.15) is 26.2 Å². The highest BCUT2D eigenvalue weighted by Crippen LogP contribution is 2.39. The molecule has 7 heteroatoms. The van der Waals surface area contributed by atoms with Crippen LogP contribution in [-0.2, 0) is 14.8 Å². The van der Waals surface area contributed by atoms with Gasteiger partial charge in [-0.1, -0.05) is 0 Å². The van der Waals surface area contributed by atoms with Crippen LogP contribution in [-0.4, -0.2) is 57.9 Å². The minimum Gasteiger partial charge on any atom is -0.381 e. The molecule has 2 heterocycles. The van der Waals surface area contributed by atoms with E-state index in [0.717, 1.165) is 32.4 Å². The Morgan fingerprint density at radius 2 is 1.95 bits per heavy atom. The Hall–Kier alpha value is 0.120. The molecule has 0 bridgehead atoms. The van der Waals surface area contributed by atoms with Gasteiger partial charge in [-0.05, 0) is 44.7 Å². The Balaban J connectivity index is 0.00000180.